The number of halogens is 3. The Kier molecular flexibility index (Phi) is 4.89. The van der Waals surface area contributed by atoms with Gasteiger partial charge < -0.3 is 5.32 Å². The second-order valence-electron chi connectivity index (χ2n) is 4.64. The van der Waals surface area contributed by atoms with Gasteiger partial charge in [-0.05, 0) is 52.7 Å². The van der Waals surface area contributed by atoms with Crippen LogP contribution in [0.25, 0.3) is 0 Å². The average Bonchev–Trinajstić information content (AvgIpc) is 2.43. The maximum absolute atomic E-state index is 14.3. The lowest BCUT2D eigenvalue weighted by Gasteiger charge is -2.20. The summed E-state index contributed by atoms with van der Waals surface area (Å²) in [5.74, 6) is -0.597. The summed E-state index contributed by atoms with van der Waals surface area (Å²) in [6, 6.07) is 9.77. The standard InChI is InChI=1S/C16H16BrF2N/c1-3-20-16(11-8-7-10(2)14(18)9-11)12-5-4-6-13(17)15(12)19/h4-9,16,20H,3H2,1-2H3. The molecule has 1 atom stereocenters. The van der Waals surface area contributed by atoms with Gasteiger partial charge in [-0.25, -0.2) is 8.78 Å². The van der Waals surface area contributed by atoms with Gasteiger partial charge in [0.05, 0.1) is 10.5 Å². The molecule has 0 radical (unpaired) electrons. The van der Waals surface area contributed by atoms with Crippen LogP contribution in [0.4, 0.5) is 8.78 Å². The molecule has 20 heavy (non-hydrogen) atoms. The van der Waals surface area contributed by atoms with E-state index in [-0.39, 0.29) is 17.7 Å². The number of hydrogen-bond acceptors (Lipinski definition) is 1. The maximum atomic E-state index is 14.3. The number of hydrogen-bond donors (Lipinski definition) is 1. The monoisotopic (exact) mass is 339 g/mol. The summed E-state index contributed by atoms with van der Waals surface area (Å²) in [7, 11) is 0. The summed E-state index contributed by atoms with van der Waals surface area (Å²) in [6.45, 7) is 4.31. The Bertz CT molecular complexity index is 613. The lowest BCUT2D eigenvalue weighted by atomic mass is 9.97. The Hall–Kier alpha value is -1.26. The van der Waals surface area contributed by atoms with Crippen LogP contribution in [0.2, 0.25) is 0 Å². The minimum absolute atomic E-state index is 0.277. The van der Waals surface area contributed by atoms with Gasteiger partial charge in [-0.2, -0.15) is 0 Å². The van der Waals surface area contributed by atoms with Crippen LogP contribution < -0.4 is 5.32 Å². The van der Waals surface area contributed by atoms with E-state index in [4.69, 9.17) is 0 Å². The van der Waals surface area contributed by atoms with Gasteiger partial charge in [-0.15, -0.1) is 0 Å². The fraction of sp³-hybridized carbons (Fsp3) is 0.250. The van der Waals surface area contributed by atoms with Crippen molar-refractivity contribution in [1.82, 2.24) is 5.32 Å². The minimum Gasteiger partial charge on any atom is -0.306 e. The molecule has 1 N–H and O–H groups in total. The molecule has 1 nitrogen and oxygen atoms in total. The quantitative estimate of drug-likeness (QED) is 0.848. The number of benzene rings is 2. The Labute approximate surface area is 126 Å². The van der Waals surface area contributed by atoms with Gasteiger partial charge in [-0.1, -0.05) is 31.2 Å². The second-order valence-corrected chi connectivity index (χ2v) is 5.50. The zero-order valence-electron chi connectivity index (χ0n) is 11.4. The van der Waals surface area contributed by atoms with Crippen molar-refractivity contribution in [2.75, 3.05) is 6.54 Å². The van der Waals surface area contributed by atoms with Crippen molar-refractivity contribution in [3.8, 4) is 0 Å². The summed E-state index contributed by atoms with van der Waals surface area (Å²) in [5.41, 5.74) is 1.80. The van der Waals surface area contributed by atoms with Crippen LogP contribution in [-0.4, -0.2) is 6.54 Å². The molecule has 0 saturated heterocycles. The Morgan fingerprint density at radius 1 is 1.20 bits per heavy atom. The van der Waals surface area contributed by atoms with Gasteiger partial charge in [0.1, 0.15) is 11.6 Å². The minimum atomic E-state index is -0.368. The fourth-order valence-corrected chi connectivity index (χ4v) is 2.53. The predicted molar refractivity (Wildman–Crippen MR) is 80.8 cm³/mol. The summed E-state index contributed by atoms with van der Waals surface area (Å²) in [6.07, 6.45) is 0. The zero-order chi connectivity index (χ0) is 14.7. The first-order valence-corrected chi connectivity index (χ1v) is 7.27. The lowest BCUT2D eigenvalue weighted by molar-refractivity contribution is 0.550. The van der Waals surface area contributed by atoms with Gasteiger partial charge in [-0.3, -0.25) is 0 Å². The van der Waals surface area contributed by atoms with Crippen molar-refractivity contribution < 1.29 is 8.78 Å². The highest BCUT2D eigenvalue weighted by Gasteiger charge is 2.19. The van der Waals surface area contributed by atoms with E-state index in [0.29, 0.717) is 27.7 Å². The third-order valence-electron chi connectivity index (χ3n) is 3.23. The van der Waals surface area contributed by atoms with Crippen LogP contribution in [0.1, 0.15) is 29.7 Å². The third-order valence-corrected chi connectivity index (χ3v) is 3.84. The molecule has 4 heteroatoms. The molecule has 0 aliphatic rings. The molecule has 0 aromatic heterocycles. The van der Waals surface area contributed by atoms with Crippen LogP contribution >= 0.6 is 15.9 Å². The Morgan fingerprint density at radius 2 is 1.95 bits per heavy atom. The maximum Gasteiger partial charge on any atom is 0.142 e. The molecule has 0 saturated carbocycles. The van der Waals surface area contributed by atoms with E-state index in [1.165, 1.54) is 6.07 Å². The zero-order valence-corrected chi connectivity index (χ0v) is 13.0. The highest BCUT2D eigenvalue weighted by molar-refractivity contribution is 9.10. The average molecular weight is 340 g/mol. The van der Waals surface area contributed by atoms with Gasteiger partial charge in [0.2, 0.25) is 0 Å². The molecular weight excluding hydrogens is 324 g/mol. The normalized spacial score (nSPS) is 12.4. The SMILES string of the molecule is CCNC(c1ccc(C)c(F)c1)c1cccc(Br)c1F. The van der Waals surface area contributed by atoms with Gasteiger partial charge in [0, 0.05) is 5.56 Å². The van der Waals surface area contributed by atoms with Gasteiger partial charge >= 0.3 is 0 Å². The van der Waals surface area contributed by atoms with E-state index in [1.54, 1.807) is 31.2 Å². The van der Waals surface area contributed by atoms with Crippen molar-refractivity contribution in [2.24, 2.45) is 0 Å². The first-order valence-electron chi connectivity index (χ1n) is 6.48. The second kappa shape index (κ2) is 6.46. The first kappa shape index (κ1) is 15.1. The van der Waals surface area contributed by atoms with Crippen molar-refractivity contribution in [1.29, 1.82) is 0 Å². The van der Waals surface area contributed by atoms with Crippen molar-refractivity contribution in [3.05, 3.63) is 69.2 Å². The van der Waals surface area contributed by atoms with Gasteiger partial charge in [0.15, 0.2) is 0 Å². The number of aryl methyl sites for hydroxylation is 1. The van der Waals surface area contributed by atoms with Crippen molar-refractivity contribution in [2.45, 2.75) is 19.9 Å². The molecule has 0 fully saturated rings. The molecule has 106 valence electrons. The first-order chi connectivity index (χ1) is 9.54. The predicted octanol–water partition coefficient (Wildman–Crippen LogP) is 4.73. The Morgan fingerprint density at radius 3 is 2.60 bits per heavy atom. The number of rotatable bonds is 4. The van der Waals surface area contributed by atoms with E-state index in [9.17, 15) is 8.78 Å². The van der Waals surface area contributed by atoms with Crippen LogP contribution in [0.3, 0.4) is 0 Å². The van der Waals surface area contributed by atoms with E-state index < -0.39 is 0 Å². The molecule has 2 rings (SSSR count). The van der Waals surface area contributed by atoms with E-state index >= 15 is 0 Å². The van der Waals surface area contributed by atoms with Crippen molar-refractivity contribution in [3.63, 3.8) is 0 Å². The molecule has 0 amide bonds. The highest BCUT2D eigenvalue weighted by Crippen LogP contribution is 2.29. The fourth-order valence-electron chi connectivity index (χ4n) is 2.14. The molecule has 0 aliphatic carbocycles. The largest absolute Gasteiger partial charge is 0.306 e. The number of nitrogens with one attached hydrogen (secondary N) is 1. The molecule has 1 unspecified atom stereocenters. The van der Waals surface area contributed by atoms with E-state index in [2.05, 4.69) is 21.2 Å². The molecule has 0 spiro atoms. The van der Waals surface area contributed by atoms with Crippen molar-refractivity contribution >= 4 is 15.9 Å². The molecule has 2 aromatic rings. The molecule has 0 heterocycles. The summed E-state index contributed by atoms with van der Waals surface area (Å²) >= 11 is 3.19. The topological polar surface area (TPSA) is 12.0 Å². The summed E-state index contributed by atoms with van der Waals surface area (Å²) in [4.78, 5) is 0. The van der Waals surface area contributed by atoms with E-state index in [0.717, 1.165) is 0 Å². The highest BCUT2D eigenvalue weighted by atomic mass is 79.9. The third kappa shape index (κ3) is 3.07. The van der Waals surface area contributed by atoms with Gasteiger partial charge in [0.25, 0.3) is 0 Å². The summed E-state index contributed by atoms with van der Waals surface area (Å²) in [5, 5.41) is 3.20. The van der Waals surface area contributed by atoms with Crippen LogP contribution in [0, 0.1) is 18.6 Å². The van der Waals surface area contributed by atoms with Crippen LogP contribution in [0.15, 0.2) is 40.9 Å². The Balaban J connectivity index is 2.50. The molecule has 2 aromatic carbocycles. The van der Waals surface area contributed by atoms with E-state index in [1.807, 2.05) is 13.0 Å². The molecular formula is C16H16BrF2N. The molecule has 0 bridgehead atoms. The molecule has 0 aliphatic heterocycles. The van der Waals surface area contributed by atoms with Crippen LogP contribution in [0.5, 0.6) is 0 Å². The lowest BCUT2D eigenvalue weighted by Crippen LogP contribution is -2.23. The van der Waals surface area contributed by atoms with Crippen LogP contribution in [-0.2, 0) is 0 Å². The smallest absolute Gasteiger partial charge is 0.142 e. The summed E-state index contributed by atoms with van der Waals surface area (Å²) < 4.78 is 28.4.